The number of hydrogen-bond donors (Lipinski definition) is 1. The van der Waals surface area contributed by atoms with Gasteiger partial charge in [-0.2, -0.15) is 0 Å². The highest BCUT2D eigenvalue weighted by Gasteiger charge is 2.59. The van der Waals surface area contributed by atoms with E-state index in [0.29, 0.717) is 23.2 Å². The van der Waals surface area contributed by atoms with Gasteiger partial charge < -0.3 is 9.84 Å². The Morgan fingerprint density at radius 2 is 1.81 bits per heavy atom. The molecule has 0 heterocycles. The molecular formula is C33H50O4. The van der Waals surface area contributed by atoms with E-state index in [4.69, 9.17) is 9.84 Å². The van der Waals surface area contributed by atoms with Crippen LogP contribution in [0.2, 0.25) is 0 Å². The van der Waals surface area contributed by atoms with Gasteiger partial charge in [0.1, 0.15) is 6.10 Å². The van der Waals surface area contributed by atoms with Crippen LogP contribution in [-0.4, -0.2) is 23.1 Å². The minimum Gasteiger partial charge on any atom is -0.478 e. The third kappa shape index (κ3) is 5.50. The topological polar surface area (TPSA) is 63.6 Å². The SMILES string of the molecule is CCC(C=CC(C)C1CCC2C3CC=C4CC(OC(=O)C=CC(=O)O)CCC4(C)C3CCC12C)C(C)C. The van der Waals surface area contributed by atoms with Gasteiger partial charge in [0.05, 0.1) is 0 Å². The lowest BCUT2D eigenvalue weighted by Gasteiger charge is -2.58. The van der Waals surface area contributed by atoms with E-state index >= 15 is 0 Å². The van der Waals surface area contributed by atoms with Crippen LogP contribution in [0.15, 0.2) is 36.0 Å². The van der Waals surface area contributed by atoms with Crippen LogP contribution >= 0.6 is 0 Å². The normalized spacial score (nSPS) is 39.1. The summed E-state index contributed by atoms with van der Waals surface area (Å²) in [6, 6.07) is 0. The minimum atomic E-state index is -1.13. The van der Waals surface area contributed by atoms with Crippen LogP contribution in [0.25, 0.3) is 0 Å². The molecule has 3 saturated carbocycles. The molecule has 0 aromatic carbocycles. The Morgan fingerprint density at radius 1 is 1.05 bits per heavy atom. The highest BCUT2D eigenvalue weighted by Crippen LogP contribution is 2.67. The van der Waals surface area contributed by atoms with Crippen molar-refractivity contribution < 1.29 is 19.4 Å². The number of ether oxygens (including phenoxy) is 1. The predicted octanol–water partition coefficient (Wildman–Crippen LogP) is 7.99. The monoisotopic (exact) mass is 510 g/mol. The summed E-state index contributed by atoms with van der Waals surface area (Å²) in [7, 11) is 0. The van der Waals surface area contributed by atoms with E-state index in [2.05, 4.69) is 59.8 Å². The average Bonchev–Trinajstić information content (AvgIpc) is 3.20. The second kappa shape index (κ2) is 11.1. The molecule has 0 bridgehead atoms. The summed E-state index contributed by atoms with van der Waals surface area (Å²) in [5.74, 6) is 3.46. The molecule has 0 spiro atoms. The van der Waals surface area contributed by atoms with Gasteiger partial charge in [-0.15, -0.1) is 0 Å². The predicted molar refractivity (Wildman–Crippen MR) is 149 cm³/mol. The number of carbonyl (C=O) groups excluding carboxylic acids is 1. The zero-order chi connectivity index (χ0) is 27.0. The zero-order valence-corrected chi connectivity index (χ0v) is 24.0. The molecule has 4 rings (SSSR count). The first-order valence-electron chi connectivity index (χ1n) is 15.0. The van der Waals surface area contributed by atoms with Gasteiger partial charge in [0.25, 0.3) is 0 Å². The molecule has 0 radical (unpaired) electrons. The van der Waals surface area contributed by atoms with Crippen molar-refractivity contribution in [1.29, 1.82) is 0 Å². The number of aliphatic carboxylic acids is 1. The minimum absolute atomic E-state index is 0.142. The second-order valence-corrected chi connectivity index (χ2v) is 13.5. The van der Waals surface area contributed by atoms with E-state index in [0.717, 1.165) is 61.5 Å². The van der Waals surface area contributed by atoms with Crippen LogP contribution in [0.3, 0.4) is 0 Å². The van der Waals surface area contributed by atoms with Crippen molar-refractivity contribution in [3.63, 3.8) is 0 Å². The van der Waals surface area contributed by atoms with E-state index < -0.39 is 11.9 Å². The van der Waals surface area contributed by atoms with Crippen molar-refractivity contribution in [3.05, 3.63) is 36.0 Å². The molecule has 3 fully saturated rings. The maximum absolute atomic E-state index is 12.1. The largest absolute Gasteiger partial charge is 0.478 e. The smallest absolute Gasteiger partial charge is 0.331 e. The molecule has 0 saturated heterocycles. The number of carboxylic acids is 1. The van der Waals surface area contributed by atoms with Gasteiger partial charge in [-0.05, 0) is 104 Å². The summed E-state index contributed by atoms with van der Waals surface area (Å²) in [6.07, 6.45) is 19.8. The number of esters is 1. The molecule has 0 aromatic heterocycles. The van der Waals surface area contributed by atoms with Gasteiger partial charge in [0.15, 0.2) is 0 Å². The molecule has 9 unspecified atom stereocenters. The summed E-state index contributed by atoms with van der Waals surface area (Å²) in [4.78, 5) is 22.8. The molecule has 0 aromatic rings. The lowest BCUT2D eigenvalue weighted by Crippen LogP contribution is -2.51. The van der Waals surface area contributed by atoms with Crippen molar-refractivity contribution in [1.82, 2.24) is 0 Å². The van der Waals surface area contributed by atoms with Crippen LogP contribution in [0.1, 0.15) is 99.3 Å². The Bertz CT molecular complexity index is 944. The number of allylic oxidation sites excluding steroid dienone is 3. The third-order valence-electron chi connectivity index (χ3n) is 11.4. The van der Waals surface area contributed by atoms with Gasteiger partial charge in [-0.3, -0.25) is 0 Å². The van der Waals surface area contributed by atoms with Crippen molar-refractivity contribution >= 4 is 11.9 Å². The summed E-state index contributed by atoms with van der Waals surface area (Å²) >= 11 is 0. The van der Waals surface area contributed by atoms with Crippen molar-refractivity contribution in [2.45, 2.75) is 105 Å². The quantitative estimate of drug-likeness (QED) is 0.204. The maximum atomic E-state index is 12.1. The first-order chi connectivity index (χ1) is 17.5. The highest BCUT2D eigenvalue weighted by atomic mass is 16.5. The summed E-state index contributed by atoms with van der Waals surface area (Å²) in [5, 5.41) is 8.77. The van der Waals surface area contributed by atoms with Gasteiger partial charge in [0.2, 0.25) is 0 Å². The van der Waals surface area contributed by atoms with Crippen LogP contribution in [0, 0.1) is 52.3 Å². The number of fused-ring (bicyclic) bond motifs is 5. The fraction of sp³-hybridized carbons (Fsp3) is 0.758. The van der Waals surface area contributed by atoms with Crippen molar-refractivity contribution in [2.24, 2.45) is 52.3 Å². The second-order valence-electron chi connectivity index (χ2n) is 13.5. The standard InChI is InChI=1S/C33H50O4/c1-7-23(21(2)3)9-8-22(4)27-12-13-28-26-11-10-24-20-25(37-31(36)15-14-30(34)35)16-18-32(24,5)29(26)17-19-33(27,28)6/h8-10,14-15,21-23,25-29H,7,11-13,16-20H2,1-6H3,(H,34,35). The van der Waals surface area contributed by atoms with Gasteiger partial charge in [-0.1, -0.05) is 65.3 Å². The Balaban J connectivity index is 1.45. The maximum Gasteiger partial charge on any atom is 0.331 e. The lowest BCUT2D eigenvalue weighted by atomic mass is 9.47. The summed E-state index contributed by atoms with van der Waals surface area (Å²) < 4.78 is 5.62. The molecular weight excluding hydrogens is 460 g/mol. The number of carboxylic acid groups (broad SMARTS) is 1. The van der Waals surface area contributed by atoms with Crippen LogP contribution in [0.4, 0.5) is 0 Å². The molecule has 4 nitrogen and oxygen atoms in total. The Kier molecular flexibility index (Phi) is 8.46. The summed E-state index contributed by atoms with van der Waals surface area (Å²) in [5.41, 5.74) is 2.13. The lowest BCUT2D eigenvalue weighted by molar-refractivity contribution is -0.146. The molecule has 206 valence electrons. The molecule has 1 N–H and O–H groups in total. The fourth-order valence-corrected chi connectivity index (χ4v) is 9.26. The van der Waals surface area contributed by atoms with Crippen LogP contribution in [-0.2, 0) is 14.3 Å². The van der Waals surface area contributed by atoms with Crippen molar-refractivity contribution in [3.8, 4) is 0 Å². The fourth-order valence-electron chi connectivity index (χ4n) is 9.26. The summed E-state index contributed by atoms with van der Waals surface area (Å²) in [6.45, 7) is 14.6. The Hall–Kier alpha value is -1.84. The number of hydrogen-bond acceptors (Lipinski definition) is 3. The van der Waals surface area contributed by atoms with E-state index in [-0.39, 0.29) is 11.5 Å². The molecule has 4 aliphatic rings. The van der Waals surface area contributed by atoms with Crippen LogP contribution in [0.5, 0.6) is 0 Å². The van der Waals surface area contributed by atoms with E-state index in [1.807, 2.05) is 0 Å². The first-order valence-corrected chi connectivity index (χ1v) is 15.0. The van der Waals surface area contributed by atoms with Gasteiger partial charge in [0, 0.05) is 18.6 Å². The number of carbonyl (C=O) groups is 2. The average molecular weight is 511 g/mol. The van der Waals surface area contributed by atoms with E-state index in [9.17, 15) is 9.59 Å². The van der Waals surface area contributed by atoms with E-state index in [1.165, 1.54) is 37.7 Å². The highest BCUT2D eigenvalue weighted by molar-refractivity contribution is 5.90. The molecule has 0 amide bonds. The molecule has 0 aliphatic heterocycles. The molecule has 4 aliphatic carbocycles. The Morgan fingerprint density at radius 3 is 2.49 bits per heavy atom. The van der Waals surface area contributed by atoms with Gasteiger partial charge >= 0.3 is 11.9 Å². The van der Waals surface area contributed by atoms with Gasteiger partial charge in [-0.25, -0.2) is 9.59 Å². The molecule has 37 heavy (non-hydrogen) atoms. The van der Waals surface area contributed by atoms with Crippen LogP contribution < -0.4 is 0 Å². The molecule has 4 heteroatoms. The van der Waals surface area contributed by atoms with E-state index in [1.54, 1.807) is 0 Å². The molecule has 9 atom stereocenters. The Labute approximate surface area is 225 Å². The zero-order valence-electron chi connectivity index (χ0n) is 24.0. The third-order valence-corrected chi connectivity index (χ3v) is 11.4. The van der Waals surface area contributed by atoms with Crippen molar-refractivity contribution in [2.75, 3.05) is 0 Å². The number of rotatable bonds is 8. The first kappa shape index (κ1) is 28.2.